The number of aromatic nitrogens is 23. The lowest BCUT2D eigenvalue weighted by Gasteiger charge is -2.12. The van der Waals surface area contributed by atoms with Crippen molar-refractivity contribution in [3.8, 4) is 182 Å². The Morgan fingerprint density at radius 2 is 0.489 bits per heavy atom. The predicted octanol–water partition coefficient (Wildman–Crippen LogP) is 25.3. The van der Waals surface area contributed by atoms with Gasteiger partial charge in [0.05, 0.1) is 16.6 Å². The molecule has 0 amide bonds. The molecule has 0 unspecified atom stereocenters. The first-order valence-corrected chi connectivity index (χ1v) is 45.1. The highest BCUT2D eigenvalue weighted by Gasteiger charge is 2.23. The van der Waals surface area contributed by atoms with E-state index in [4.69, 9.17) is 29.9 Å². The summed E-state index contributed by atoms with van der Waals surface area (Å²) in [5, 5.41) is 5.67. The monoisotopic (exact) mass is 1830 g/mol. The molecule has 0 spiro atoms. The Morgan fingerprint density at radius 3 is 0.936 bits per heavy atom. The largest absolute Gasteiger partial charge is 0.256 e. The van der Waals surface area contributed by atoms with Gasteiger partial charge in [-0.25, -0.2) is 68.6 Å². The molecule has 0 aliphatic heterocycles. The zero-order valence-electron chi connectivity index (χ0n) is 75.8. The number of hydrogen-bond acceptors (Lipinski definition) is 23. The summed E-state index contributed by atoms with van der Waals surface area (Å²) in [6, 6.07) is 111. The van der Waals surface area contributed by atoms with Crippen molar-refractivity contribution in [2.75, 3.05) is 0 Å². The van der Waals surface area contributed by atoms with Gasteiger partial charge in [0, 0.05) is 130 Å². The van der Waals surface area contributed by atoms with Gasteiger partial charge in [-0.2, -0.15) is 0 Å². The molecule has 0 bridgehead atoms. The highest BCUT2D eigenvalue weighted by atomic mass is 19.1. The molecule has 15 heterocycles. The zero-order chi connectivity index (χ0) is 95.3. The van der Waals surface area contributed by atoms with Crippen LogP contribution < -0.4 is 0 Å². The maximum absolute atomic E-state index is 13.9. The van der Waals surface area contributed by atoms with Crippen molar-refractivity contribution in [3.05, 3.63) is 442 Å². The Labute approximate surface area is 807 Å². The molecule has 0 saturated heterocycles. The lowest BCUT2D eigenvalue weighted by molar-refractivity contribution is 0.626. The number of fused-ring (bicyclic) bond motifs is 4. The third kappa shape index (κ3) is 19.9. The smallest absolute Gasteiger partial charge is 0.182 e. The molecule has 25 heteroatoms. The Balaban J connectivity index is 0.000000111. The predicted molar refractivity (Wildman–Crippen MR) is 546 cm³/mol. The second-order valence-electron chi connectivity index (χ2n) is 32.6. The lowest BCUT2D eigenvalue weighted by atomic mass is 9.96. The Bertz CT molecular complexity index is 8180. The first kappa shape index (κ1) is 88.2. The number of para-hydroxylation sites is 2. The van der Waals surface area contributed by atoms with Gasteiger partial charge < -0.3 is 0 Å². The molecule has 15 aromatic heterocycles. The van der Waals surface area contributed by atoms with Crippen molar-refractivity contribution < 1.29 is 8.78 Å². The van der Waals surface area contributed by atoms with Crippen molar-refractivity contribution in [2.45, 2.75) is 20.8 Å². The third-order valence-electron chi connectivity index (χ3n) is 23.2. The van der Waals surface area contributed by atoms with E-state index in [0.29, 0.717) is 92.4 Å². The number of nitrogens with zero attached hydrogens (tertiary/aromatic N) is 23. The van der Waals surface area contributed by atoms with Gasteiger partial charge in [-0.1, -0.05) is 194 Å². The number of hydrogen-bond donors (Lipinski definition) is 0. The highest BCUT2D eigenvalue weighted by molar-refractivity contribution is 5.98. The Kier molecular flexibility index (Phi) is 25.3. The first-order valence-electron chi connectivity index (χ1n) is 45.1. The molecule has 0 saturated carbocycles. The molecule has 24 aromatic rings. The van der Waals surface area contributed by atoms with E-state index in [-0.39, 0.29) is 23.0 Å². The van der Waals surface area contributed by atoms with E-state index in [9.17, 15) is 8.78 Å². The molecular formula is C116H77F2N23. The van der Waals surface area contributed by atoms with Crippen LogP contribution >= 0.6 is 0 Å². The summed E-state index contributed by atoms with van der Waals surface area (Å²) >= 11 is 0. The number of rotatable bonds is 16. The SMILES string of the molecule is Cc1cc(-c2nc(-c3ccccn3)nc(-c3ccccn3)n2)ccc1-c1ccc2ncccc2c1.Cc1cc(-c2nc(-c3ccccn3)nc(-c3ccccn3)n2)ccc1-c1cccc2cccnc12.Cc1cc(-c2nc(-c3ccccn3)nc(-c3ccccn3)n2)ccc1-c1cnc2ccccc2c1.Fc1ccnc(-c2nc(-c3ccc(-c4cccc5ccccc45)cc3)nc(-c3cc(F)ccn3)n2)c1. The molecule has 0 aliphatic rings. The van der Waals surface area contributed by atoms with Gasteiger partial charge in [-0.05, 0) is 221 Å². The van der Waals surface area contributed by atoms with E-state index in [1.165, 1.54) is 36.7 Å². The molecule has 0 N–H and O–H groups in total. The normalized spacial score (nSPS) is 11.0. The number of aryl methyl sites for hydroxylation is 3. The number of pyridine rings is 11. The minimum atomic E-state index is -0.466. The van der Waals surface area contributed by atoms with Crippen LogP contribution in [0.2, 0.25) is 0 Å². The standard InChI is InChI=1S/C29H17F2N5.3C29H20N6/c30-21-12-14-32-25(16-21)28-34-27(35-29(36-28)26-17-22(31)13-15-33-26)20-10-8-19(9-11-20)24-7-3-5-18-4-1-2-6-23(18)24;1-19-18-21(13-14-22(19)23-10-6-8-20-9-7-17-32-26(20)23)27-33-28(24-11-2-4-15-30-24)35-29(34-27)25-12-3-5-16-31-25;1-19-17-22(10-12-23(19)20-11-13-24-21(18-20)7-6-16-30-24)27-33-28(25-8-2-4-14-31-25)35-29(34-27)26-9-3-5-15-32-26;1-19-16-21(12-13-23(19)22-17-20-8-2-3-9-24(20)32-18-22)27-33-28(25-10-4-6-14-30-25)35-29(34-27)26-11-5-7-15-31-26/h1-17H;3*2-18H,1H3. The van der Waals surface area contributed by atoms with E-state index in [1.807, 2.05) is 213 Å². The zero-order valence-corrected chi connectivity index (χ0v) is 75.8. The van der Waals surface area contributed by atoms with Crippen molar-refractivity contribution in [3.63, 3.8) is 0 Å². The van der Waals surface area contributed by atoms with E-state index in [1.54, 1.807) is 37.2 Å². The molecule has 23 nitrogen and oxygen atoms in total. The van der Waals surface area contributed by atoms with Crippen LogP contribution in [0.15, 0.2) is 414 Å². The maximum atomic E-state index is 13.9. The average molecular weight is 1830 g/mol. The van der Waals surface area contributed by atoms with E-state index in [2.05, 4.69) is 233 Å². The van der Waals surface area contributed by atoms with Gasteiger partial charge in [0.1, 0.15) is 57.2 Å². The van der Waals surface area contributed by atoms with Gasteiger partial charge in [0.2, 0.25) is 0 Å². The minimum Gasteiger partial charge on any atom is -0.256 e. The Hall–Kier alpha value is -19.4. The van der Waals surface area contributed by atoms with Crippen molar-refractivity contribution >= 4 is 43.5 Å². The van der Waals surface area contributed by atoms with Crippen LogP contribution in [-0.2, 0) is 0 Å². The Morgan fingerprint density at radius 1 is 0.170 bits per heavy atom. The van der Waals surface area contributed by atoms with Crippen LogP contribution in [0, 0.1) is 32.4 Å². The van der Waals surface area contributed by atoms with Crippen LogP contribution in [0.5, 0.6) is 0 Å². The van der Waals surface area contributed by atoms with E-state index < -0.39 is 11.6 Å². The lowest BCUT2D eigenvalue weighted by Crippen LogP contribution is -2.02. The van der Waals surface area contributed by atoms with Crippen LogP contribution in [0.25, 0.3) is 226 Å². The maximum Gasteiger partial charge on any atom is 0.182 e. The summed E-state index contributed by atoms with van der Waals surface area (Å²) in [6.07, 6.45) is 18.6. The summed E-state index contributed by atoms with van der Waals surface area (Å²) < 4.78 is 27.8. The van der Waals surface area contributed by atoms with E-state index in [0.717, 1.165) is 127 Å². The highest BCUT2D eigenvalue weighted by Crippen LogP contribution is 2.38. The summed E-state index contributed by atoms with van der Waals surface area (Å²) in [4.78, 5) is 105. The van der Waals surface area contributed by atoms with Crippen molar-refractivity contribution in [1.29, 1.82) is 0 Å². The second kappa shape index (κ2) is 40.4. The summed E-state index contributed by atoms with van der Waals surface area (Å²) in [5.74, 6) is 4.55. The average Bonchev–Trinajstić information content (AvgIpc) is 0.765. The van der Waals surface area contributed by atoms with Gasteiger partial charge in [-0.3, -0.25) is 54.8 Å². The topological polar surface area (TPSA) is 296 Å². The number of benzene rings is 9. The molecule has 141 heavy (non-hydrogen) atoms. The number of halogens is 2. The molecule has 24 rings (SSSR count). The van der Waals surface area contributed by atoms with Crippen LogP contribution in [0.4, 0.5) is 8.78 Å². The van der Waals surface area contributed by atoms with Crippen LogP contribution in [0.1, 0.15) is 16.7 Å². The van der Waals surface area contributed by atoms with Gasteiger partial charge in [0.15, 0.2) is 69.9 Å². The fourth-order valence-corrected chi connectivity index (χ4v) is 16.4. The molecule has 0 fully saturated rings. The second-order valence-corrected chi connectivity index (χ2v) is 32.6. The van der Waals surface area contributed by atoms with Crippen LogP contribution in [0.3, 0.4) is 0 Å². The van der Waals surface area contributed by atoms with Gasteiger partial charge in [0.25, 0.3) is 0 Å². The molecule has 670 valence electrons. The summed E-state index contributed by atoms with van der Waals surface area (Å²) in [5.41, 5.74) is 23.2. The molecule has 0 atom stereocenters. The van der Waals surface area contributed by atoms with Gasteiger partial charge >= 0.3 is 0 Å². The first-order chi connectivity index (χ1) is 69.4. The summed E-state index contributed by atoms with van der Waals surface area (Å²) in [7, 11) is 0. The summed E-state index contributed by atoms with van der Waals surface area (Å²) in [6.45, 7) is 6.29. The third-order valence-corrected chi connectivity index (χ3v) is 23.2. The quantitative estimate of drug-likeness (QED) is 0.0868. The molecule has 9 aromatic carbocycles. The van der Waals surface area contributed by atoms with Crippen molar-refractivity contribution in [1.82, 2.24) is 115 Å². The molecule has 0 aliphatic carbocycles. The van der Waals surface area contributed by atoms with Gasteiger partial charge in [-0.15, -0.1) is 0 Å². The van der Waals surface area contributed by atoms with E-state index >= 15 is 0 Å². The minimum absolute atomic E-state index is 0.165. The molecular weight excluding hydrogens is 1750 g/mol. The molecule has 0 radical (unpaired) electrons. The van der Waals surface area contributed by atoms with Crippen molar-refractivity contribution in [2.24, 2.45) is 0 Å². The van der Waals surface area contributed by atoms with Crippen LogP contribution in [-0.4, -0.2) is 115 Å². The fraction of sp³-hybridized carbons (Fsp3) is 0.0259. The fourth-order valence-electron chi connectivity index (χ4n) is 16.4.